The molecule has 3 fully saturated rings. The highest BCUT2D eigenvalue weighted by molar-refractivity contribution is 6.30. The number of nitrogens with one attached hydrogen (secondary N) is 2. The second kappa shape index (κ2) is 7.07. The number of benzene rings is 1. The molecule has 1 amide bonds. The summed E-state index contributed by atoms with van der Waals surface area (Å²) in [5.74, 6) is 0.217. The number of halogens is 2. The Morgan fingerprint density at radius 3 is 3.17 bits per heavy atom. The maximum Gasteiger partial charge on any atom is 0.271 e. The van der Waals surface area contributed by atoms with Crippen LogP contribution in [0.25, 0.3) is 0 Å². The minimum atomic E-state index is -0.229. The Bertz CT molecular complexity index is 951. The number of amides is 1. The first kappa shape index (κ1) is 19.0. The van der Waals surface area contributed by atoms with Gasteiger partial charge in [0.1, 0.15) is 11.5 Å². The maximum atomic E-state index is 14.2. The summed E-state index contributed by atoms with van der Waals surface area (Å²) >= 11 is 6.05. The number of hydrogen-bond acceptors (Lipinski definition) is 4. The molecule has 1 aromatic carbocycles. The molecule has 8 heteroatoms. The van der Waals surface area contributed by atoms with Gasteiger partial charge in [-0.3, -0.25) is 9.69 Å². The highest BCUT2D eigenvalue weighted by Gasteiger charge is 2.62. The number of nitrogens with zero attached hydrogens (tertiary/aromatic N) is 2. The number of ether oxygens (including phenoxy) is 1. The molecular formula is C21H24ClFN4O2. The SMILES string of the molecule is Cc1[nH]cnc1C(=O)NC[C@H]1[C@H]2CN(Cc3cc(Cl)ccc3F)C[C@]23CC[C@H]1O3. The number of aromatic amines is 1. The zero-order chi connectivity index (χ0) is 20.2. The largest absolute Gasteiger partial charge is 0.370 e. The van der Waals surface area contributed by atoms with Gasteiger partial charge in [-0.15, -0.1) is 0 Å². The van der Waals surface area contributed by atoms with Crippen molar-refractivity contribution in [3.8, 4) is 0 Å². The van der Waals surface area contributed by atoms with Crippen molar-refractivity contribution in [3.63, 3.8) is 0 Å². The monoisotopic (exact) mass is 418 g/mol. The van der Waals surface area contributed by atoms with Crippen molar-refractivity contribution in [1.29, 1.82) is 0 Å². The van der Waals surface area contributed by atoms with E-state index in [0.29, 0.717) is 35.3 Å². The lowest BCUT2D eigenvalue weighted by molar-refractivity contribution is 0.00204. The summed E-state index contributed by atoms with van der Waals surface area (Å²) < 4.78 is 20.6. The van der Waals surface area contributed by atoms with Gasteiger partial charge >= 0.3 is 0 Å². The van der Waals surface area contributed by atoms with Gasteiger partial charge in [0.2, 0.25) is 0 Å². The van der Waals surface area contributed by atoms with E-state index in [1.54, 1.807) is 12.1 Å². The number of carbonyl (C=O) groups is 1. The van der Waals surface area contributed by atoms with E-state index >= 15 is 0 Å². The van der Waals surface area contributed by atoms with Gasteiger partial charge in [0.05, 0.1) is 18.0 Å². The van der Waals surface area contributed by atoms with Crippen LogP contribution in [0.1, 0.15) is 34.6 Å². The molecule has 4 heterocycles. The van der Waals surface area contributed by atoms with Crippen LogP contribution in [0, 0.1) is 24.6 Å². The van der Waals surface area contributed by atoms with Crippen LogP contribution in [-0.2, 0) is 11.3 Å². The molecule has 3 aliphatic heterocycles. The average Bonchev–Trinajstić information content (AvgIpc) is 3.43. The third kappa shape index (κ3) is 3.25. The molecule has 2 bridgehead atoms. The summed E-state index contributed by atoms with van der Waals surface area (Å²) in [6, 6.07) is 4.69. The summed E-state index contributed by atoms with van der Waals surface area (Å²) in [6.07, 6.45) is 3.76. The van der Waals surface area contributed by atoms with Crippen LogP contribution in [0.15, 0.2) is 24.5 Å². The first-order chi connectivity index (χ1) is 13.9. The fraction of sp³-hybridized carbons (Fsp3) is 0.524. The Morgan fingerprint density at radius 1 is 1.52 bits per heavy atom. The van der Waals surface area contributed by atoms with E-state index in [0.717, 1.165) is 31.6 Å². The second-order valence-electron chi connectivity index (χ2n) is 8.52. The van der Waals surface area contributed by atoms with Crippen molar-refractivity contribution in [2.75, 3.05) is 19.6 Å². The molecule has 2 N–H and O–H groups in total. The van der Waals surface area contributed by atoms with Crippen molar-refractivity contribution < 1.29 is 13.9 Å². The molecule has 4 atom stereocenters. The summed E-state index contributed by atoms with van der Waals surface area (Å²) in [5, 5.41) is 3.59. The second-order valence-corrected chi connectivity index (χ2v) is 8.96. The number of H-pyrrole nitrogens is 1. The smallest absolute Gasteiger partial charge is 0.271 e. The third-order valence-corrected chi connectivity index (χ3v) is 7.03. The minimum absolute atomic E-state index is 0.156. The zero-order valence-corrected chi connectivity index (χ0v) is 17.0. The molecule has 5 rings (SSSR count). The van der Waals surface area contributed by atoms with Gasteiger partial charge in [0, 0.05) is 54.3 Å². The van der Waals surface area contributed by atoms with Gasteiger partial charge in [-0.05, 0) is 38.0 Å². The van der Waals surface area contributed by atoms with Crippen molar-refractivity contribution in [3.05, 3.63) is 52.3 Å². The lowest BCUT2D eigenvalue weighted by Gasteiger charge is -2.29. The van der Waals surface area contributed by atoms with E-state index in [9.17, 15) is 9.18 Å². The Kier molecular flexibility index (Phi) is 4.64. The van der Waals surface area contributed by atoms with Gasteiger partial charge in [0.25, 0.3) is 5.91 Å². The van der Waals surface area contributed by atoms with Crippen molar-refractivity contribution in [1.82, 2.24) is 20.2 Å². The van der Waals surface area contributed by atoms with E-state index in [1.165, 1.54) is 12.4 Å². The predicted octanol–water partition coefficient (Wildman–Crippen LogP) is 2.92. The average molecular weight is 419 g/mol. The maximum absolute atomic E-state index is 14.2. The van der Waals surface area contributed by atoms with Gasteiger partial charge in [-0.2, -0.15) is 0 Å². The van der Waals surface area contributed by atoms with E-state index in [-0.39, 0.29) is 29.3 Å². The molecule has 3 saturated heterocycles. The van der Waals surface area contributed by atoms with Crippen molar-refractivity contribution >= 4 is 17.5 Å². The molecule has 6 nitrogen and oxygen atoms in total. The third-order valence-electron chi connectivity index (χ3n) is 6.80. The van der Waals surface area contributed by atoms with Crippen molar-refractivity contribution in [2.24, 2.45) is 11.8 Å². The van der Waals surface area contributed by atoms with Crippen LogP contribution in [0.5, 0.6) is 0 Å². The van der Waals surface area contributed by atoms with Gasteiger partial charge < -0.3 is 15.0 Å². The van der Waals surface area contributed by atoms with Crippen LogP contribution >= 0.6 is 11.6 Å². The lowest BCUT2D eigenvalue weighted by Crippen LogP contribution is -2.42. The number of imidazole rings is 1. The first-order valence-electron chi connectivity index (χ1n) is 10.1. The van der Waals surface area contributed by atoms with E-state index in [4.69, 9.17) is 16.3 Å². The summed E-state index contributed by atoms with van der Waals surface area (Å²) in [5.41, 5.74) is 1.64. The molecule has 154 valence electrons. The highest BCUT2D eigenvalue weighted by atomic mass is 35.5. The molecule has 0 unspecified atom stereocenters. The summed E-state index contributed by atoms with van der Waals surface area (Å²) in [6.45, 7) is 4.56. The minimum Gasteiger partial charge on any atom is -0.370 e. The number of aromatic nitrogens is 2. The molecule has 1 spiro atoms. The molecule has 29 heavy (non-hydrogen) atoms. The number of carbonyl (C=O) groups excluding carboxylic acids is 1. The predicted molar refractivity (Wildman–Crippen MR) is 106 cm³/mol. The first-order valence-corrected chi connectivity index (χ1v) is 10.5. The Labute approximate surface area is 173 Å². The molecule has 0 aliphatic carbocycles. The molecule has 3 aliphatic rings. The number of rotatable bonds is 5. The van der Waals surface area contributed by atoms with E-state index in [1.807, 2.05) is 6.92 Å². The van der Waals surface area contributed by atoms with Crippen molar-refractivity contribution in [2.45, 2.75) is 38.0 Å². The van der Waals surface area contributed by atoms with Crippen LogP contribution in [0.4, 0.5) is 4.39 Å². The van der Waals surface area contributed by atoms with E-state index < -0.39 is 0 Å². The quantitative estimate of drug-likeness (QED) is 0.783. The van der Waals surface area contributed by atoms with Crippen LogP contribution in [-0.4, -0.2) is 52.1 Å². The molecule has 0 saturated carbocycles. The number of hydrogen-bond donors (Lipinski definition) is 2. The Balaban J connectivity index is 1.27. The lowest BCUT2D eigenvalue weighted by atomic mass is 9.73. The van der Waals surface area contributed by atoms with Crippen LogP contribution in [0.2, 0.25) is 5.02 Å². The number of fused-ring (bicyclic) bond motifs is 1. The Hall–Kier alpha value is -1.96. The normalized spacial score (nSPS) is 30.7. The highest BCUT2D eigenvalue weighted by Crippen LogP contribution is 2.54. The molecule has 2 aromatic rings. The fourth-order valence-electron chi connectivity index (χ4n) is 5.47. The van der Waals surface area contributed by atoms with Crippen LogP contribution in [0.3, 0.4) is 0 Å². The zero-order valence-electron chi connectivity index (χ0n) is 16.3. The standard InChI is InChI=1S/C21H24ClFN4O2/c1-12-19(26-11-25-12)20(28)24-7-15-16-9-27(10-21(16)5-4-18(15)29-21)8-13-6-14(22)2-3-17(13)23/h2-3,6,11,15-16,18H,4-5,7-10H2,1H3,(H,24,28)(H,25,26)/t15-,16+,18+,21+/m0/s1. The molecule has 0 radical (unpaired) electrons. The fourth-order valence-corrected chi connectivity index (χ4v) is 5.66. The van der Waals surface area contributed by atoms with Gasteiger partial charge in [-0.25, -0.2) is 9.37 Å². The summed E-state index contributed by atoms with van der Waals surface area (Å²) in [7, 11) is 0. The molecule has 1 aromatic heterocycles. The van der Waals surface area contributed by atoms with E-state index in [2.05, 4.69) is 20.2 Å². The number of likely N-dealkylation sites (tertiary alicyclic amines) is 1. The summed E-state index contributed by atoms with van der Waals surface area (Å²) in [4.78, 5) is 21.7. The van der Waals surface area contributed by atoms with Crippen LogP contribution < -0.4 is 5.32 Å². The molecular weight excluding hydrogens is 395 g/mol. The topological polar surface area (TPSA) is 70.2 Å². The van der Waals surface area contributed by atoms with Gasteiger partial charge in [0.15, 0.2) is 0 Å². The Morgan fingerprint density at radius 2 is 2.38 bits per heavy atom. The van der Waals surface area contributed by atoms with Gasteiger partial charge in [-0.1, -0.05) is 11.6 Å². The number of aryl methyl sites for hydroxylation is 1.